The van der Waals surface area contributed by atoms with Gasteiger partial charge in [0.2, 0.25) is 0 Å². The molecule has 1 saturated carbocycles. The van der Waals surface area contributed by atoms with E-state index < -0.39 is 0 Å². The zero-order chi connectivity index (χ0) is 12.3. The normalized spacial score (nSPS) is 24.1. The molecular weight excluding hydrogens is 236 g/mol. The highest BCUT2D eigenvalue weighted by Gasteiger charge is 2.23. The SMILES string of the molecule is N#Cc1ccc(NC2CCCCC2O)c(Cl)c1. The van der Waals surface area contributed by atoms with Gasteiger partial charge in [0, 0.05) is 0 Å². The van der Waals surface area contributed by atoms with Crippen LogP contribution in [0.3, 0.4) is 0 Å². The third-order valence-electron chi connectivity index (χ3n) is 3.17. The van der Waals surface area contributed by atoms with Gasteiger partial charge in [0.15, 0.2) is 0 Å². The minimum atomic E-state index is -0.310. The van der Waals surface area contributed by atoms with Crippen molar-refractivity contribution in [2.45, 2.75) is 37.8 Å². The van der Waals surface area contributed by atoms with Gasteiger partial charge in [-0.2, -0.15) is 5.26 Å². The second kappa shape index (κ2) is 5.39. The summed E-state index contributed by atoms with van der Waals surface area (Å²) in [6.45, 7) is 0. The van der Waals surface area contributed by atoms with Crippen molar-refractivity contribution in [3.8, 4) is 6.07 Å². The molecule has 0 spiro atoms. The summed E-state index contributed by atoms with van der Waals surface area (Å²) in [6, 6.07) is 7.27. The van der Waals surface area contributed by atoms with Crippen LogP contribution in [0.2, 0.25) is 5.02 Å². The fourth-order valence-corrected chi connectivity index (χ4v) is 2.42. The predicted octanol–water partition coefficient (Wildman–Crippen LogP) is 2.93. The number of nitrogens with zero attached hydrogens (tertiary/aromatic N) is 1. The van der Waals surface area contributed by atoms with Crippen molar-refractivity contribution in [2.75, 3.05) is 5.32 Å². The van der Waals surface area contributed by atoms with Gasteiger partial charge >= 0.3 is 0 Å². The summed E-state index contributed by atoms with van der Waals surface area (Å²) >= 11 is 6.08. The minimum Gasteiger partial charge on any atom is -0.391 e. The molecule has 0 aliphatic heterocycles. The number of aliphatic hydroxyl groups excluding tert-OH is 1. The first-order valence-corrected chi connectivity index (χ1v) is 6.23. The molecule has 1 fully saturated rings. The lowest BCUT2D eigenvalue weighted by Gasteiger charge is -2.29. The maximum absolute atomic E-state index is 9.86. The van der Waals surface area contributed by atoms with Crippen molar-refractivity contribution in [3.05, 3.63) is 28.8 Å². The Morgan fingerprint density at radius 1 is 1.35 bits per heavy atom. The van der Waals surface area contributed by atoms with E-state index in [4.69, 9.17) is 16.9 Å². The first-order chi connectivity index (χ1) is 8.20. The van der Waals surface area contributed by atoms with Gasteiger partial charge in [-0.1, -0.05) is 24.4 Å². The van der Waals surface area contributed by atoms with Crippen LogP contribution >= 0.6 is 11.6 Å². The van der Waals surface area contributed by atoms with Gasteiger partial charge < -0.3 is 10.4 Å². The van der Waals surface area contributed by atoms with Gasteiger partial charge in [-0.05, 0) is 31.0 Å². The number of hydrogen-bond acceptors (Lipinski definition) is 3. The Morgan fingerprint density at radius 2 is 2.12 bits per heavy atom. The molecule has 90 valence electrons. The number of anilines is 1. The summed E-state index contributed by atoms with van der Waals surface area (Å²) in [5.41, 5.74) is 1.33. The molecule has 0 amide bonds. The zero-order valence-electron chi connectivity index (χ0n) is 9.49. The van der Waals surface area contributed by atoms with Gasteiger partial charge in [0.05, 0.1) is 34.5 Å². The first-order valence-electron chi connectivity index (χ1n) is 5.85. The number of nitrogens with one attached hydrogen (secondary N) is 1. The Balaban J connectivity index is 2.10. The van der Waals surface area contributed by atoms with Crippen LogP contribution in [0.25, 0.3) is 0 Å². The van der Waals surface area contributed by atoms with E-state index in [1.165, 1.54) is 0 Å². The van der Waals surface area contributed by atoms with Crippen molar-refractivity contribution in [1.29, 1.82) is 5.26 Å². The number of halogens is 1. The summed E-state index contributed by atoms with van der Waals surface area (Å²) in [5.74, 6) is 0. The minimum absolute atomic E-state index is 0.0641. The summed E-state index contributed by atoms with van der Waals surface area (Å²) in [6.07, 6.45) is 3.70. The molecular formula is C13H15ClN2O. The Hall–Kier alpha value is -1.24. The van der Waals surface area contributed by atoms with Gasteiger partial charge in [0.25, 0.3) is 0 Å². The Morgan fingerprint density at radius 3 is 2.76 bits per heavy atom. The molecule has 0 radical (unpaired) electrons. The lowest BCUT2D eigenvalue weighted by atomic mass is 9.92. The Bertz CT molecular complexity index is 442. The highest BCUT2D eigenvalue weighted by molar-refractivity contribution is 6.33. The standard InChI is InChI=1S/C13H15ClN2O/c14-10-7-9(8-15)5-6-11(10)16-12-3-1-2-4-13(12)17/h5-7,12-13,16-17H,1-4H2. The monoisotopic (exact) mass is 250 g/mol. The summed E-state index contributed by atoms with van der Waals surface area (Å²) in [5, 5.41) is 22.4. The highest BCUT2D eigenvalue weighted by Crippen LogP contribution is 2.27. The maximum atomic E-state index is 9.86. The lowest BCUT2D eigenvalue weighted by Crippen LogP contribution is -2.36. The van der Waals surface area contributed by atoms with Gasteiger partial charge in [-0.25, -0.2) is 0 Å². The number of benzene rings is 1. The van der Waals surface area contributed by atoms with Crippen LogP contribution in [-0.2, 0) is 0 Å². The fraction of sp³-hybridized carbons (Fsp3) is 0.462. The third kappa shape index (κ3) is 2.91. The van der Waals surface area contributed by atoms with E-state index in [2.05, 4.69) is 5.32 Å². The quantitative estimate of drug-likeness (QED) is 0.849. The van der Waals surface area contributed by atoms with E-state index in [-0.39, 0.29) is 12.1 Å². The van der Waals surface area contributed by atoms with Crippen molar-refractivity contribution in [2.24, 2.45) is 0 Å². The fourth-order valence-electron chi connectivity index (χ4n) is 2.18. The molecule has 2 unspecified atom stereocenters. The summed E-state index contributed by atoms with van der Waals surface area (Å²) in [7, 11) is 0. The smallest absolute Gasteiger partial charge is 0.0992 e. The van der Waals surface area contributed by atoms with Gasteiger partial charge in [-0.3, -0.25) is 0 Å². The molecule has 17 heavy (non-hydrogen) atoms. The molecule has 0 saturated heterocycles. The van der Waals surface area contributed by atoms with E-state index >= 15 is 0 Å². The molecule has 0 aromatic heterocycles. The molecule has 0 bridgehead atoms. The van der Waals surface area contributed by atoms with Gasteiger partial charge in [0.1, 0.15) is 0 Å². The van der Waals surface area contributed by atoms with E-state index in [1.807, 2.05) is 6.07 Å². The first kappa shape index (κ1) is 12.2. The van der Waals surface area contributed by atoms with E-state index in [0.717, 1.165) is 31.4 Å². The second-order valence-electron chi connectivity index (χ2n) is 4.41. The summed E-state index contributed by atoms with van der Waals surface area (Å²) < 4.78 is 0. The van der Waals surface area contributed by atoms with Crippen LogP contribution in [0.5, 0.6) is 0 Å². The second-order valence-corrected chi connectivity index (χ2v) is 4.82. The lowest BCUT2D eigenvalue weighted by molar-refractivity contribution is 0.116. The predicted molar refractivity (Wildman–Crippen MR) is 68.1 cm³/mol. The van der Waals surface area contributed by atoms with Crippen molar-refractivity contribution in [1.82, 2.24) is 0 Å². The van der Waals surface area contributed by atoms with Gasteiger partial charge in [-0.15, -0.1) is 0 Å². The largest absolute Gasteiger partial charge is 0.391 e. The van der Waals surface area contributed by atoms with Crippen LogP contribution in [0.4, 0.5) is 5.69 Å². The van der Waals surface area contributed by atoms with E-state index in [9.17, 15) is 5.11 Å². The van der Waals surface area contributed by atoms with Crippen LogP contribution in [0.1, 0.15) is 31.2 Å². The number of rotatable bonds is 2. The highest BCUT2D eigenvalue weighted by atomic mass is 35.5. The number of hydrogen-bond donors (Lipinski definition) is 2. The molecule has 2 N–H and O–H groups in total. The third-order valence-corrected chi connectivity index (χ3v) is 3.48. The van der Waals surface area contributed by atoms with E-state index in [0.29, 0.717) is 10.6 Å². The topological polar surface area (TPSA) is 56.0 Å². The summed E-state index contributed by atoms with van der Waals surface area (Å²) in [4.78, 5) is 0. The molecule has 1 aromatic carbocycles. The Kier molecular flexibility index (Phi) is 3.88. The average Bonchev–Trinajstić information content (AvgIpc) is 2.34. The molecule has 4 heteroatoms. The molecule has 3 nitrogen and oxygen atoms in total. The molecule has 1 aliphatic carbocycles. The van der Waals surface area contributed by atoms with Crippen LogP contribution < -0.4 is 5.32 Å². The molecule has 2 rings (SSSR count). The number of aliphatic hydroxyl groups is 1. The van der Waals surface area contributed by atoms with Crippen LogP contribution in [0.15, 0.2) is 18.2 Å². The number of nitriles is 1. The maximum Gasteiger partial charge on any atom is 0.0992 e. The van der Waals surface area contributed by atoms with Crippen molar-refractivity contribution in [3.63, 3.8) is 0 Å². The molecule has 1 aromatic rings. The molecule has 0 heterocycles. The molecule has 2 atom stereocenters. The van der Waals surface area contributed by atoms with Crippen LogP contribution in [-0.4, -0.2) is 17.3 Å². The van der Waals surface area contributed by atoms with Crippen molar-refractivity contribution < 1.29 is 5.11 Å². The average molecular weight is 251 g/mol. The zero-order valence-corrected chi connectivity index (χ0v) is 10.2. The molecule has 1 aliphatic rings. The van der Waals surface area contributed by atoms with E-state index in [1.54, 1.807) is 18.2 Å². The van der Waals surface area contributed by atoms with Crippen LogP contribution in [0, 0.1) is 11.3 Å². The Labute approximate surface area is 106 Å². The van der Waals surface area contributed by atoms with Crippen molar-refractivity contribution >= 4 is 17.3 Å².